The van der Waals surface area contributed by atoms with Crippen molar-refractivity contribution in [2.24, 2.45) is 0 Å². The average molecular weight is 907 g/mol. The highest BCUT2D eigenvalue weighted by Crippen LogP contribution is 2.48. The molecule has 0 aliphatic heterocycles. The molecule has 13 rings (SSSR count). The molecule has 334 valence electrons. The number of para-hydroxylation sites is 3. The van der Waals surface area contributed by atoms with Crippen molar-refractivity contribution < 1.29 is 4.42 Å². The van der Waals surface area contributed by atoms with Gasteiger partial charge in [-0.3, -0.25) is 0 Å². The minimum absolute atomic E-state index is 0.811. The first-order chi connectivity index (χ1) is 35.2. The van der Waals surface area contributed by atoms with E-state index < -0.39 is 0 Å². The summed E-state index contributed by atoms with van der Waals surface area (Å²) in [7, 11) is 0. The van der Waals surface area contributed by atoms with Gasteiger partial charge in [0.1, 0.15) is 5.58 Å². The lowest BCUT2D eigenvalue weighted by atomic mass is 9.92. The van der Waals surface area contributed by atoms with Gasteiger partial charge in [0.2, 0.25) is 0 Å². The van der Waals surface area contributed by atoms with E-state index in [4.69, 9.17) is 4.42 Å². The molecule has 3 heteroatoms. The first kappa shape index (κ1) is 41.7. The fraction of sp³-hybridized carbons (Fsp3) is 0. The van der Waals surface area contributed by atoms with Crippen LogP contribution in [0.4, 0.5) is 17.1 Å². The number of nitrogens with zero attached hydrogens (tertiary/aromatic N) is 2. The van der Waals surface area contributed by atoms with Crippen molar-refractivity contribution in [2.45, 2.75) is 0 Å². The maximum atomic E-state index is 7.24. The second-order valence-corrected chi connectivity index (χ2v) is 18.1. The summed E-state index contributed by atoms with van der Waals surface area (Å²) in [5, 5.41) is 4.55. The highest BCUT2D eigenvalue weighted by atomic mass is 16.3. The molecule has 3 nitrogen and oxygen atoms in total. The summed E-state index contributed by atoms with van der Waals surface area (Å²) in [5.41, 5.74) is 19.5. The molecule has 0 fully saturated rings. The van der Waals surface area contributed by atoms with Crippen LogP contribution in [0.2, 0.25) is 0 Å². The third-order valence-corrected chi connectivity index (χ3v) is 13.8. The Bertz CT molecular complexity index is 4040. The Hall–Kier alpha value is -9.44. The number of benzene rings is 11. The topological polar surface area (TPSA) is 21.3 Å². The fourth-order valence-electron chi connectivity index (χ4n) is 10.4. The smallest absolute Gasteiger partial charge is 0.159 e. The maximum Gasteiger partial charge on any atom is 0.159 e. The summed E-state index contributed by atoms with van der Waals surface area (Å²) in [6.07, 6.45) is 2.33. The van der Waals surface area contributed by atoms with Crippen LogP contribution in [0.5, 0.6) is 0 Å². The van der Waals surface area contributed by atoms with E-state index in [1.807, 2.05) is 0 Å². The van der Waals surface area contributed by atoms with E-state index in [2.05, 4.69) is 289 Å². The van der Waals surface area contributed by atoms with E-state index in [9.17, 15) is 0 Å². The minimum atomic E-state index is 0.811. The van der Waals surface area contributed by atoms with Crippen molar-refractivity contribution in [1.82, 2.24) is 4.57 Å². The molecular weight excluding hydrogens is 861 g/mol. The second kappa shape index (κ2) is 17.9. The third-order valence-electron chi connectivity index (χ3n) is 13.8. The van der Waals surface area contributed by atoms with E-state index in [1.165, 1.54) is 33.0 Å². The SMILES string of the molecule is C(=C(c1ccccc1)c1cc(N(c2ccccc2)c2ccc(-c3ccccc3)cc2)c2oc3cccc(-c4ccc5c6ccccc6n(-c6ccccc6)c5c4)c3c2c1)c1ccc(-c2ccccc2)cc1. The number of hydrogen-bond acceptors (Lipinski definition) is 2. The zero-order valence-corrected chi connectivity index (χ0v) is 38.9. The number of aromatic nitrogens is 1. The van der Waals surface area contributed by atoms with Gasteiger partial charge in [0.25, 0.3) is 0 Å². The summed E-state index contributed by atoms with van der Waals surface area (Å²) >= 11 is 0. The molecule has 0 bridgehead atoms. The molecule has 11 aromatic carbocycles. The highest BCUT2D eigenvalue weighted by Gasteiger charge is 2.24. The Morgan fingerprint density at radius 3 is 1.62 bits per heavy atom. The molecule has 13 aromatic rings. The van der Waals surface area contributed by atoms with Crippen LogP contribution in [-0.4, -0.2) is 4.57 Å². The highest BCUT2D eigenvalue weighted by molar-refractivity contribution is 6.18. The largest absolute Gasteiger partial charge is 0.454 e. The van der Waals surface area contributed by atoms with Gasteiger partial charge in [-0.15, -0.1) is 0 Å². The molecular formula is C68H46N2O. The Labute approximate surface area is 413 Å². The molecule has 0 atom stereocenters. The van der Waals surface area contributed by atoms with Crippen LogP contribution >= 0.6 is 0 Å². The molecule has 0 spiro atoms. The van der Waals surface area contributed by atoms with Gasteiger partial charge in [0.15, 0.2) is 5.58 Å². The molecule has 71 heavy (non-hydrogen) atoms. The summed E-state index contributed by atoms with van der Waals surface area (Å²) < 4.78 is 9.63. The van der Waals surface area contributed by atoms with Crippen molar-refractivity contribution in [1.29, 1.82) is 0 Å². The van der Waals surface area contributed by atoms with Crippen LogP contribution in [0.1, 0.15) is 16.7 Å². The number of furan rings is 1. The maximum absolute atomic E-state index is 7.24. The fourth-order valence-corrected chi connectivity index (χ4v) is 10.4. The Balaban J connectivity index is 1.07. The predicted octanol–water partition coefficient (Wildman–Crippen LogP) is 18.7. The monoisotopic (exact) mass is 906 g/mol. The van der Waals surface area contributed by atoms with Crippen LogP contribution in [0.25, 0.3) is 94.5 Å². The van der Waals surface area contributed by atoms with Crippen molar-refractivity contribution in [2.75, 3.05) is 4.90 Å². The lowest BCUT2D eigenvalue weighted by Gasteiger charge is -2.26. The van der Waals surface area contributed by atoms with Crippen LogP contribution < -0.4 is 4.90 Å². The molecule has 2 heterocycles. The van der Waals surface area contributed by atoms with E-state index in [1.54, 1.807) is 0 Å². The van der Waals surface area contributed by atoms with Crippen LogP contribution in [-0.2, 0) is 0 Å². The van der Waals surface area contributed by atoms with Crippen molar-refractivity contribution in [3.8, 4) is 39.1 Å². The van der Waals surface area contributed by atoms with Crippen LogP contribution in [0.3, 0.4) is 0 Å². The molecule has 0 aliphatic rings. The van der Waals surface area contributed by atoms with E-state index in [0.717, 1.165) is 89.2 Å². The molecule has 0 unspecified atom stereocenters. The van der Waals surface area contributed by atoms with Crippen LogP contribution in [0.15, 0.2) is 277 Å². The number of hydrogen-bond donors (Lipinski definition) is 0. The zero-order chi connectivity index (χ0) is 47.1. The molecule has 0 radical (unpaired) electrons. The normalized spacial score (nSPS) is 11.7. The first-order valence-corrected chi connectivity index (χ1v) is 24.2. The Morgan fingerprint density at radius 1 is 0.380 bits per heavy atom. The molecule has 2 aromatic heterocycles. The van der Waals surface area contributed by atoms with Crippen molar-refractivity contribution >= 4 is 72.5 Å². The third kappa shape index (κ3) is 7.67. The van der Waals surface area contributed by atoms with Gasteiger partial charge < -0.3 is 13.9 Å². The number of rotatable bonds is 10. The zero-order valence-electron chi connectivity index (χ0n) is 38.9. The second-order valence-electron chi connectivity index (χ2n) is 18.1. The predicted molar refractivity (Wildman–Crippen MR) is 299 cm³/mol. The van der Waals surface area contributed by atoms with Gasteiger partial charge in [-0.2, -0.15) is 0 Å². The Kier molecular flexibility index (Phi) is 10.5. The lowest BCUT2D eigenvalue weighted by molar-refractivity contribution is 0.669. The number of anilines is 3. The first-order valence-electron chi connectivity index (χ1n) is 24.2. The summed E-state index contributed by atoms with van der Waals surface area (Å²) in [4.78, 5) is 2.35. The Morgan fingerprint density at radius 2 is 0.930 bits per heavy atom. The summed E-state index contributed by atoms with van der Waals surface area (Å²) in [6.45, 7) is 0. The van der Waals surface area contributed by atoms with Crippen molar-refractivity contribution in [3.05, 3.63) is 290 Å². The quantitative estimate of drug-likeness (QED) is 0.128. The van der Waals surface area contributed by atoms with Gasteiger partial charge in [0, 0.05) is 38.6 Å². The van der Waals surface area contributed by atoms with Gasteiger partial charge in [-0.25, -0.2) is 0 Å². The molecule has 0 aliphatic carbocycles. The molecule has 0 amide bonds. The summed E-state index contributed by atoms with van der Waals surface area (Å²) in [5.74, 6) is 0. The molecule has 0 saturated carbocycles. The average Bonchev–Trinajstić information content (AvgIpc) is 4.00. The van der Waals surface area contributed by atoms with Gasteiger partial charge in [-0.05, 0) is 128 Å². The van der Waals surface area contributed by atoms with E-state index in [-0.39, 0.29) is 0 Å². The van der Waals surface area contributed by atoms with Crippen LogP contribution in [0, 0.1) is 0 Å². The van der Waals surface area contributed by atoms with E-state index >= 15 is 0 Å². The number of fused-ring (bicyclic) bond motifs is 6. The molecule has 0 saturated heterocycles. The molecule has 0 N–H and O–H groups in total. The van der Waals surface area contributed by atoms with Gasteiger partial charge >= 0.3 is 0 Å². The standard InChI is InChI=1S/C68H46N2O/c1-6-19-48(20-7-1)50-35-33-47(34-36-50)43-61(52-23-10-3-11-24-52)54-44-62-67-58(53-39-42-60-59-29-16-17-31-63(59)70(64(60)45-53)56-27-14-5-15-28-56)30-18-32-66(67)71-68(62)65(46-54)69(55-25-12-4-13-26-55)57-40-37-51(38-41-57)49-21-8-2-9-22-49/h1-46H. The van der Waals surface area contributed by atoms with E-state index in [0.29, 0.717) is 0 Å². The summed E-state index contributed by atoms with van der Waals surface area (Å²) in [6, 6.07) is 97.9. The van der Waals surface area contributed by atoms with Gasteiger partial charge in [-0.1, -0.05) is 206 Å². The van der Waals surface area contributed by atoms with Crippen molar-refractivity contribution in [3.63, 3.8) is 0 Å². The lowest BCUT2D eigenvalue weighted by Crippen LogP contribution is -2.10. The van der Waals surface area contributed by atoms with Gasteiger partial charge in [0.05, 0.1) is 16.7 Å². The minimum Gasteiger partial charge on any atom is -0.454 e.